The molecule has 0 fully saturated rings. The number of aryl methyl sites for hydroxylation is 2. The predicted molar refractivity (Wildman–Crippen MR) is 106 cm³/mol. The molecule has 0 aliphatic rings. The molecule has 3 aromatic rings. The van der Waals surface area contributed by atoms with Crippen molar-refractivity contribution in [3.05, 3.63) is 59.2 Å². The fourth-order valence-corrected chi connectivity index (χ4v) is 3.13. The molecular formula is C19H19N5O3S. The third-order valence-corrected chi connectivity index (χ3v) is 4.90. The summed E-state index contributed by atoms with van der Waals surface area (Å²) >= 11 is 1.22. The fourth-order valence-electron chi connectivity index (χ4n) is 2.43. The topological polar surface area (TPSA) is 99.0 Å². The lowest BCUT2D eigenvalue weighted by molar-refractivity contribution is -0.113. The summed E-state index contributed by atoms with van der Waals surface area (Å²) in [4.78, 5) is 24.1. The summed E-state index contributed by atoms with van der Waals surface area (Å²) in [6, 6.07) is 12.8. The van der Waals surface area contributed by atoms with Gasteiger partial charge in [-0.25, -0.2) is 4.79 Å². The van der Waals surface area contributed by atoms with Crippen LogP contribution in [0.15, 0.2) is 47.6 Å². The predicted octanol–water partition coefficient (Wildman–Crippen LogP) is 2.80. The van der Waals surface area contributed by atoms with Crippen molar-refractivity contribution in [1.82, 2.24) is 20.2 Å². The number of methoxy groups -OCH3 is 1. The van der Waals surface area contributed by atoms with Crippen molar-refractivity contribution in [2.24, 2.45) is 0 Å². The van der Waals surface area contributed by atoms with Crippen molar-refractivity contribution in [1.29, 1.82) is 0 Å². The molecule has 0 bridgehead atoms. The van der Waals surface area contributed by atoms with Gasteiger partial charge in [-0.1, -0.05) is 35.5 Å². The van der Waals surface area contributed by atoms with Gasteiger partial charge in [-0.05, 0) is 54.1 Å². The quantitative estimate of drug-likeness (QED) is 0.504. The first-order valence-electron chi connectivity index (χ1n) is 8.45. The molecule has 0 atom stereocenters. The van der Waals surface area contributed by atoms with Gasteiger partial charge in [0.15, 0.2) is 0 Å². The molecule has 1 amide bonds. The minimum Gasteiger partial charge on any atom is -0.465 e. The molecule has 144 valence electrons. The Morgan fingerprint density at radius 3 is 2.61 bits per heavy atom. The van der Waals surface area contributed by atoms with Crippen LogP contribution in [0.4, 0.5) is 5.69 Å². The van der Waals surface area contributed by atoms with Crippen LogP contribution in [0.1, 0.15) is 21.5 Å². The Kier molecular flexibility index (Phi) is 6.05. The molecule has 0 unspecified atom stereocenters. The number of carbonyl (C=O) groups excluding carboxylic acids is 2. The summed E-state index contributed by atoms with van der Waals surface area (Å²) in [5.74, 6) is -0.565. The Morgan fingerprint density at radius 2 is 1.89 bits per heavy atom. The molecule has 2 aromatic carbocycles. The lowest BCUT2D eigenvalue weighted by Crippen LogP contribution is -2.16. The Bertz CT molecular complexity index is 1000. The number of thioether (sulfide) groups is 1. The molecule has 28 heavy (non-hydrogen) atoms. The average Bonchev–Trinajstić information content (AvgIpc) is 3.16. The zero-order valence-electron chi connectivity index (χ0n) is 15.7. The van der Waals surface area contributed by atoms with E-state index in [-0.39, 0.29) is 11.7 Å². The lowest BCUT2D eigenvalue weighted by atomic mass is 10.1. The lowest BCUT2D eigenvalue weighted by Gasteiger charge is -2.10. The zero-order valence-corrected chi connectivity index (χ0v) is 16.5. The number of rotatable bonds is 6. The van der Waals surface area contributed by atoms with E-state index in [9.17, 15) is 9.59 Å². The molecule has 8 nitrogen and oxygen atoms in total. The van der Waals surface area contributed by atoms with Gasteiger partial charge in [-0.3, -0.25) is 4.79 Å². The van der Waals surface area contributed by atoms with Crippen molar-refractivity contribution in [2.75, 3.05) is 18.2 Å². The van der Waals surface area contributed by atoms with E-state index < -0.39 is 5.97 Å². The van der Waals surface area contributed by atoms with Crippen LogP contribution in [-0.4, -0.2) is 44.9 Å². The number of tetrazole rings is 1. The van der Waals surface area contributed by atoms with E-state index >= 15 is 0 Å². The summed E-state index contributed by atoms with van der Waals surface area (Å²) < 4.78 is 6.30. The number of carbonyl (C=O) groups is 2. The van der Waals surface area contributed by atoms with Crippen molar-refractivity contribution in [3.63, 3.8) is 0 Å². The molecule has 1 heterocycles. The minimum atomic E-state index is -0.456. The smallest absolute Gasteiger partial charge is 0.337 e. The SMILES string of the molecule is COC(=O)c1ccc(C)c(NC(=O)CSc2nnnn2-c2ccc(C)cc2)c1. The van der Waals surface area contributed by atoms with Crippen molar-refractivity contribution in [3.8, 4) is 5.69 Å². The molecule has 0 aliphatic heterocycles. The van der Waals surface area contributed by atoms with E-state index in [2.05, 4.69) is 20.8 Å². The maximum Gasteiger partial charge on any atom is 0.337 e. The number of hydrogen-bond acceptors (Lipinski definition) is 7. The summed E-state index contributed by atoms with van der Waals surface area (Å²) in [6.07, 6.45) is 0. The highest BCUT2D eigenvalue weighted by molar-refractivity contribution is 7.99. The van der Waals surface area contributed by atoms with Gasteiger partial charge in [0.05, 0.1) is 24.1 Å². The number of amides is 1. The van der Waals surface area contributed by atoms with Gasteiger partial charge in [-0.2, -0.15) is 4.68 Å². The first-order chi connectivity index (χ1) is 13.5. The second-order valence-electron chi connectivity index (χ2n) is 6.07. The summed E-state index contributed by atoms with van der Waals surface area (Å²) in [7, 11) is 1.31. The van der Waals surface area contributed by atoms with Crippen molar-refractivity contribution >= 4 is 29.3 Å². The average molecular weight is 397 g/mol. The first-order valence-corrected chi connectivity index (χ1v) is 9.43. The Balaban J connectivity index is 1.67. The van der Waals surface area contributed by atoms with E-state index in [0.29, 0.717) is 16.4 Å². The highest BCUT2D eigenvalue weighted by atomic mass is 32.2. The minimum absolute atomic E-state index is 0.119. The molecular weight excluding hydrogens is 378 g/mol. The van der Waals surface area contributed by atoms with Gasteiger partial charge in [-0.15, -0.1) is 5.10 Å². The van der Waals surface area contributed by atoms with Crippen LogP contribution < -0.4 is 5.32 Å². The Hall–Kier alpha value is -3.20. The van der Waals surface area contributed by atoms with Gasteiger partial charge >= 0.3 is 5.97 Å². The normalized spacial score (nSPS) is 10.5. The summed E-state index contributed by atoms with van der Waals surface area (Å²) in [5.41, 5.74) is 3.73. The molecule has 0 aliphatic carbocycles. The molecule has 0 saturated heterocycles. The third-order valence-electron chi connectivity index (χ3n) is 3.98. The van der Waals surface area contributed by atoms with Crippen molar-refractivity contribution in [2.45, 2.75) is 19.0 Å². The van der Waals surface area contributed by atoms with E-state index in [1.165, 1.54) is 18.9 Å². The van der Waals surface area contributed by atoms with Crippen LogP contribution in [0.25, 0.3) is 5.69 Å². The van der Waals surface area contributed by atoms with Gasteiger partial charge in [0.1, 0.15) is 0 Å². The van der Waals surface area contributed by atoms with Crippen LogP contribution in [-0.2, 0) is 9.53 Å². The summed E-state index contributed by atoms with van der Waals surface area (Å²) in [5, 5.41) is 15.0. The number of anilines is 1. The van der Waals surface area contributed by atoms with E-state index in [0.717, 1.165) is 16.8 Å². The van der Waals surface area contributed by atoms with Gasteiger partial charge in [0.25, 0.3) is 0 Å². The number of nitrogens with zero attached hydrogens (tertiary/aromatic N) is 4. The number of benzene rings is 2. The van der Waals surface area contributed by atoms with Gasteiger partial charge < -0.3 is 10.1 Å². The number of esters is 1. The van der Waals surface area contributed by atoms with Gasteiger partial charge in [0.2, 0.25) is 11.1 Å². The molecule has 1 N–H and O–H groups in total. The number of ether oxygens (including phenoxy) is 1. The maximum absolute atomic E-state index is 12.4. The number of hydrogen-bond donors (Lipinski definition) is 1. The molecule has 1 aromatic heterocycles. The standard InChI is InChI=1S/C19H19N5O3S/c1-12-4-8-15(9-5-12)24-19(21-22-23-24)28-11-17(25)20-16-10-14(18(26)27-3)7-6-13(16)2/h4-10H,11H2,1-3H3,(H,20,25). The second-order valence-corrected chi connectivity index (χ2v) is 7.01. The zero-order chi connectivity index (χ0) is 20.1. The Labute approximate surface area is 166 Å². The highest BCUT2D eigenvalue weighted by Crippen LogP contribution is 2.21. The molecule has 9 heteroatoms. The fraction of sp³-hybridized carbons (Fsp3) is 0.211. The molecule has 0 saturated carbocycles. The van der Waals surface area contributed by atoms with Crippen LogP contribution in [0, 0.1) is 13.8 Å². The van der Waals surface area contributed by atoms with Gasteiger partial charge in [0, 0.05) is 5.69 Å². The third kappa shape index (κ3) is 4.55. The van der Waals surface area contributed by atoms with Crippen LogP contribution in [0.3, 0.4) is 0 Å². The van der Waals surface area contributed by atoms with E-state index in [4.69, 9.17) is 4.74 Å². The number of aromatic nitrogens is 4. The monoisotopic (exact) mass is 397 g/mol. The highest BCUT2D eigenvalue weighted by Gasteiger charge is 2.14. The largest absolute Gasteiger partial charge is 0.465 e. The molecule has 3 rings (SSSR count). The van der Waals surface area contributed by atoms with Crippen LogP contribution in [0.5, 0.6) is 0 Å². The van der Waals surface area contributed by atoms with Crippen LogP contribution >= 0.6 is 11.8 Å². The van der Waals surface area contributed by atoms with Crippen molar-refractivity contribution < 1.29 is 14.3 Å². The first kappa shape index (κ1) is 19.6. The molecule has 0 spiro atoms. The maximum atomic E-state index is 12.4. The second kappa shape index (κ2) is 8.66. The Morgan fingerprint density at radius 1 is 1.14 bits per heavy atom. The summed E-state index contributed by atoms with van der Waals surface area (Å²) in [6.45, 7) is 3.85. The van der Waals surface area contributed by atoms with Crippen LogP contribution in [0.2, 0.25) is 0 Å². The van der Waals surface area contributed by atoms with E-state index in [1.807, 2.05) is 38.1 Å². The molecule has 0 radical (unpaired) electrons. The van der Waals surface area contributed by atoms with E-state index in [1.54, 1.807) is 22.9 Å². The number of nitrogens with one attached hydrogen (secondary N) is 1.